The van der Waals surface area contributed by atoms with Crippen molar-refractivity contribution < 1.29 is 27.5 Å². The molecule has 4 atom stereocenters. The number of rotatable bonds is 7. The summed E-state index contributed by atoms with van der Waals surface area (Å²) in [5.41, 5.74) is 1.39. The quantitative estimate of drug-likeness (QED) is 0.392. The number of amides is 2. The minimum absolute atomic E-state index is 0.0294. The zero-order valence-electron chi connectivity index (χ0n) is 25.0. The predicted octanol–water partition coefficient (Wildman–Crippen LogP) is 3.97. The molecule has 3 saturated heterocycles. The molecule has 0 spiro atoms. The van der Waals surface area contributed by atoms with Gasteiger partial charge >= 0.3 is 6.18 Å². The van der Waals surface area contributed by atoms with Gasteiger partial charge in [0.1, 0.15) is 23.5 Å². The molecular formula is C30H34F3N7O3S. The van der Waals surface area contributed by atoms with Gasteiger partial charge in [0.15, 0.2) is 5.11 Å². The van der Waals surface area contributed by atoms with Crippen molar-refractivity contribution in [3.63, 3.8) is 0 Å². The fourth-order valence-corrected chi connectivity index (χ4v) is 6.78. The van der Waals surface area contributed by atoms with Crippen molar-refractivity contribution in [2.75, 3.05) is 23.5 Å². The van der Waals surface area contributed by atoms with Crippen molar-refractivity contribution in [2.24, 2.45) is 0 Å². The van der Waals surface area contributed by atoms with E-state index >= 15 is 0 Å². The number of hydrogen-bond donors (Lipinski definition) is 3. The average Bonchev–Trinajstić information content (AvgIpc) is 3.37. The van der Waals surface area contributed by atoms with Crippen LogP contribution in [-0.4, -0.2) is 59.3 Å². The first-order valence-corrected chi connectivity index (χ1v) is 14.8. The van der Waals surface area contributed by atoms with Crippen LogP contribution < -0.4 is 30.6 Å². The third-order valence-corrected chi connectivity index (χ3v) is 8.66. The number of hydrazine groups is 1. The Bertz CT molecular complexity index is 1540. The van der Waals surface area contributed by atoms with E-state index in [1.807, 2.05) is 19.0 Å². The average molecular weight is 630 g/mol. The van der Waals surface area contributed by atoms with Crippen LogP contribution in [0.3, 0.4) is 0 Å². The number of fused-ring (bicyclic) bond motifs is 1. The number of thiocarbonyl (C=S) groups is 1. The van der Waals surface area contributed by atoms with E-state index < -0.39 is 41.0 Å². The van der Waals surface area contributed by atoms with Gasteiger partial charge in [0, 0.05) is 24.3 Å². The number of hydrogen-bond acceptors (Lipinski definition) is 8. The highest BCUT2D eigenvalue weighted by Crippen LogP contribution is 2.41. The van der Waals surface area contributed by atoms with Crippen molar-refractivity contribution in [1.29, 1.82) is 5.26 Å². The number of alkyl halides is 3. The number of likely N-dealkylation sites (N-methyl/N-ethyl adjacent to an activating group) is 1. The van der Waals surface area contributed by atoms with Gasteiger partial charge in [-0.25, -0.2) is 10.4 Å². The Morgan fingerprint density at radius 1 is 1.11 bits per heavy atom. The second-order valence-electron chi connectivity index (χ2n) is 11.5. The monoisotopic (exact) mass is 629 g/mol. The van der Waals surface area contributed by atoms with Gasteiger partial charge < -0.3 is 15.0 Å². The van der Waals surface area contributed by atoms with Gasteiger partial charge in [-0.05, 0) is 75.8 Å². The molecule has 234 valence electrons. The van der Waals surface area contributed by atoms with Gasteiger partial charge in [0.25, 0.3) is 5.91 Å². The summed E-state index contributed by atoms with van der Waals surface area (Å²) in [4.78, 5) is 29.7. The first-order valence-electron chi connectivity index (χ1n) is 14.4. The third-order valence-electron chi connectivity index (χ3n) is 8.29. The lowest BCUT2D eigenvalue weighted by atomic mass is 9.94. The molecule has 44 heavy (non-hydrogen) atoms. The topological polar surface area (TPSA) is 113 Å². The Balaban J connectivity index is 1.54. The Kier molecular flexibility index (Phi) is 8.36. The molecule has 3 fully saturated rings. The van der Waals surface area contributed by atoms with E-state index in [0.717, 1.165) is 29.9 Å². The van der Waals surface area contributed by atoms with Crippen LogP contribution in [0.1, 0.15) is 63.4 Å². The molecule has 2 aromatic rings. The van der Waals surface area contributed by atoms with Crippen molar-refractivity contribution in [2.45, 2.75) is 76.5 Å². The lowest BCUT2D eigenvalue weighted by molar-refractivity contribution is -0.137. The van der Waals surface area contributed by atoms with Crippen molar-refractivity contribution in [3.8, 4) is 11.8 Å². The van der Waals surface area contributed by atoms with E-state index in [4.69, 9.17) is 17.0 Å². The molecule has 3 N–H and O–H groups in total. The van der Waals surface area contributed by atoms with Gasteiger partial charge in [-0.15, -0.1) is 0 Å². The summed E-state index contributed by atoms with van der Waals surface area (Å²) in [6, 6.07) is 9.29. The summed E-state index contributed by atoms with van der Waals surface area (Å²) in [7, 11) is 1.84. The minimum Gasteiger partial charge on any atom is -0.493 e. The van der Waals surface area contributed by atoms with Crippen LogP contribution in [0.4, 0.5) is 24.5 Å². The number of nitrogens with zero attached hydrogens (tertiary/aromatic N) is 4. The maximum atomic E-state index is 13.8. The lowest BCUT2D eigenvalue weighted by Gasteiger charge is -2.37. The third kappa shape index (κ3) is 5.27. The van der Waals surface area contributed by atoms with E-state index in [-0.39, 0.29) is 28.8 Å². The number of nitrogens with one attached hydrogen (secondary N) is 3. The first kappa shape index (κ1) is 31.6. The molecule has 3 aliphatic heterocycles. The Labute approximate surface area is 259 Å². The normalized spacial score (nSPS) is 25.2. The number of ether oxygens (including phenoxy) is 1. The summed E-state index contributed by atoms with van der Waals surface area (Å²) in [5.74, 6) is -0.170. The second-order valence-corrected chi connectivity index (χ2v) is 11.9. The van der Waals surface area contributed by atoms with E-state index in [0.29, 0.717) is 23.6 Å². The Morgan fingerprint density at radius 2 is 1.82 bits per heavy atom. The zero-order chi connectivity index (χ0) is 32.1. The highest BCUT2D eigenvalue weighted by atomic mass is 32.1. The van der Waals surface area contributed by atoms with Crippen LogP contribution in [0.25, 0.3) is 0 Å². The van der Waals surface area contributed by atoms with Gasteiger partial charge in [-0.3, -0.25) is 19.8 Å². The van der Waals surface area contributed by atoms with Crippen LogP contribution in [0.15, 0.2) is 36.4 Å². The summed E-state index contributed by atoms with van der Waals surface area (Å²) >= 11 is 5.73. The van der Waals surface area contributed by atoms with Crippen molar-refractivity contribution in [3.05, 3.63) is 53.1 Å². The highest BCUT2D eigenvalue weighted by molar-refractivity contribution is 7.81. The zero-order valence-corrected chi connectivity index (χ0v) is 25.8. The number of anilines is 2. The smallest absolute Gasteiger partial charge is 0.417 e. The van der Waals surface area contributed by atoms with Gasteiger partial charge in [-0.2, -0.15) is 18.4 Å². The van der Waals surface area contributed by atoms with E-state index in [1.165, 1.54) is 6.07 Å². The SMILES string of the molecule is CCCC1NN(C)C2C(=O)NC(c3cc(N4C(=S)N(c5ccc(C#N)c(C(F)(F)F)c5)C(=O)C4(C)C)ccc3OCC)NC12. The predicted molar refractivity (Wildman–Crippen MR) is 162 cm³/mol. The molecule has 0 saturated carbocycles. The molecule has 2 amide bonds. The fraction of sp³-hybridized carbons (Fsp3) is 0.467. The maximum absolute atomic E-state index is 13.8. The summed E-state index contributed by atoms with van der Waals surface area (Å²) in [6.45, 7) is 7.55. The molecule has 14 heteroatoms. The number of carbonyl (C=O) groups excluding carboxylic acids is 2. The molecule has 5 rings (SSSR count). The largest absolute Gasteiger partial charge is 0.493 e. The maximum Gasteiger partial charge on any atom is 0.417 e. The van der Waals surface area contributed by atoms with E-state index in [1.54, 1.807) is 43.0 Å². The van der Waals surface area contributed by atoms with Crippen LogP contribution in [0.2, 0.25) is 0 Å². The second kappa shape index (κ2) is 11.6. The molecule has 10 nitrogen and oxygen atoms in total. The number of benzene rings is 2. The van der Waals surface area contributed by atoms with Crippen molar-refractivity contribution >= 4 is 40.5 Å². The van der Waals surface area contributed by atoms with Gasteiger partial charge in [-0.1, -0.05) is 13.3 Å². The first-order chi connectivity index (χ1) is 20.7. The van der Waals surface area contributed by atoms with Gasteiger partial charge in [0.05, 0.1) is 35.5 Å². The molecule has 3 heterocycles. The standard InChI is InChI=1S/C30H34F3N7O3S/c1-6-8-21-23-24(38(5)37-21)26(41)36-25(35-23)19-13-18(11-12-22(19)43-7-2)40-28(44)39(27(42)29(40,3)4)17-10-9-16(15-34)20(14-17)30(31,32)33/h9-14,21,23-25,35,37H,6-8H2,1-5H3,(H,36,41). The Morgan fingerprint density at radius 3 is 2.45 bits per heavy atom. The molecule has 0 aliphatic carbocycles. The minimum atomic E-state index is -4.80. The van der Waals surface area contributed by atoms with Crippen LogP contribution in [-0.2, 0) is 15.8 Å². The molecule has 0 bridgehead atoms. The molecule has 4 unspecified atom stereocenters. The molecule has 3 aliphatic rings. The Hall–Kier alpha value is -3.77. The highest BCUT2D eigenvalue weighted by Gasteiger charge is 2.52. The van der Waals surface area contributed by atoms with E-state index in [2.05, 4.69) is 23.0 Å². The number of halogens is 3. The molecule has 0 aromatic heterocycles. The van der Waals surface area contributed by atoms with Crippen LogP contribution in [0.5, 0.6) is 5.75 Å². The molecule has 0 radical (unpaired) electrons. The van der Waals surface area contributed by atoms with Crippen LogP contribution >= 0.6 is 12.2 Å². The molecular weight excluding hydrogens is 595 g/mol. The van der Waals surface area contributed by atoms with Gasteiger partial charge in [0.2, 0.25) is 5.91 Å². The lowest BCUT2D eigenvalue weighted by Crippen LogP contribution is -2.62. The fourth-order valence-electron chi connectivity index (χ4n) is 6.26. The van der Waals surface area contributed by atoms with Crippen molar-refractivity contribution in [1.82, 2.24) is 21.1 Å². The van der Waals surface area contributed by atoms with Crippen LogP contribution in [0, 0.1) is 11.3 Å². The summed E-state index contributed by atoms with van der Waals surface area (Å²) in [6.07, 6.45) is -3.65. The summed E-state index contributed by atoms with van der Waals surface area (Å²) in [5, 5.41) is 17.6. The summed E-state index contributed by atoms with van der Waals surface area (Å²) < 4.78 is 47.2. The number of nitriles is 1. The number of carbonyl (C=O) groups is 2. The molecule has 2 aromatic carbocycles. The van der Waals surface area contributed by atoms with E-state index in [9.17, 15) is 28.0 Å².